The molecule has 0 radical (unpaired) electrons. The number of nitrogens with one attached hydrogen (secondary N) is 1. The summed E-state index contributed by atoms with van der Waals surface area (Å²) in [4.78, 5) is 12.3. The fraction of sp³-hybridized carbons (Fsp3) is 0.409. The summed E-state index contributed by atoms with van der Waals surface area (Å²) in [6.45, 7) is 5.95. The van der Waals surface area contributed by atoms with Gasteiger partial charge in [-0.15, -0.1) is 0 Å². The van der Waals surface area contributed by atoms with E-state index in [9.17, 15) is 4.79 Å². The first-order chi connectivity index (χ1) is 13.0. The van der Waals surface area contributed by atoms with Crippen LogP contribution in [0, 0.1) is 0 Å². The minimum Gasteiger partial charge on any atom is -0.494 e. The number of benzene rings is 2. The number of nitrogens with two attached hydrogens (primary N) is 1. The molecule has 1 amide bonds. The van der Waals surface area contributed by atoms with E-state index in [1.807, 2.05) is 12.1 Å². The van der Waals surface area contributed by atoms with Crippen molar-refractivity contribution in [2.24, 2.45) is 5.73 Å². The molecule has 27 heavy (non-hydrogen) atoms. The van der Waals surface area contributed by atoms with Crippen LogP contribution in [0.3, 0.4) is 0 Å². The predicted octanol–water partition coefficient (Wildman–Crippen LogP) is 3.66. The van der Waals surface area contributed by atoms with Crippen molar-refractivity contribution in [2.75, 3.05) is 26.9 Å². The highest BCUT2D eigenvalue weighted by Crippen LogP contribution is 2.18. The molecule has 0 aromatic heterocycles. The standard InChI is InChI=1S/C22H30N2O3/c1-16(2)17-5-7-18(8-6-17)21(23)15-24-22(25)19-9-11-20(12-10-19)27-14-4-13-26-3/h5-12,16,21H,4,13-15,23H2,1-3H3,(H,24,25). The first-order valence-corrected chi connectivity index (χ1v) is 9.36. The lowest BCUT2D eigenvalue weighted by atomic mass is 9.99. The molecular formula is C22H30N2O3. The highest BCUT2D eigenvalue weighted by Gasteiger charge is 2.10. The Bertz CT molecular complexity index is 697. The molecule has 0 bridgehead atoms. The molecule has 5 heteroatoms. The van der Waals surface area contributed by atoms with Crippen molar-refractivity contribution >= 4 is 5.91 Å². The number of ether oxygens (including phenoxy) is 2. The van der Waals surface area contributed by atoms with Crippen molar-refractivity contribution in [1.82, 2.24) is 5.32 Å². The Balaban J connectivity index is 1.82. The van der Waals surface area contributed by atoms with Gasteiger partial charge in [-0.3, -0.25) is 4.79 Å². The van der Waals surface area contributed by atoms with Gasteiger partial charge in [-0.2, -0.15) is 0 Å². The molecule has 0 aliphatic rings. The van der Waals surface area contributed by atoms with Gasteiger partial charge in [-0.1, -0.05) is 38.1 Å². The molecule has 2 aromatic rings. The monoisotopic (exact) mass is 370 g/mol. The summed E-state index contributed by atoms with van der Waals surface area (Å²) in [6.07, 6.45) is 0.828. The number of amides is 1. The maximum Gasteiger partial charge on any atom is 0.251 e. The van der Waals surface area contributed by atoms with E-state index in [1.165, 1.54) is 5.56 Å². The van der Waals surface area contributed by atoms with Gasteiger partial charge in [0.25, 0.3) is 5.91 Å². The topological polar surface area (TPSA) is 73.6 Å². The molecule has 0 heterocycles. The lowest BCUT2D eigenvalue weighted by molar-refractivity contribution is 0.0951. The molecular weight excluding hydrogens is 340 g/mol. The third-order valence-electron chi connectivity index (χ3n) is 4.39. The zero-order valence-corrected chi connectivity index (χ0v) is 16.4. The fourth-order valence-electron chi connectivity index (χ4n) is 2.65. The van der Waals surface area contributed by atoms with E-state index in [2.05, 4.69) is 31.3 Å². The molecule has 0 aliphatic carbocycles. The molecule has 2 aromatic carbocycles. The number of carbonyl (C=O) groups excluding carboxylic acids is 1. The van der Waals surface area contributed by atoms with Crippen molar-refractivity contribution < 1.29 is 14.3 Å². The molecule has 0 spiro atoms. The van der Waals surface area contributed by atoms with Crippen molar-refractivity contribution in [3.8, 4) is 5.75 Å². The van der Waals surface area contributed by atoms with Crippen LogP contribution in [0.5, 0.6) is 5.75 Å². The molecule has 0 fully saturated rings. The molecule has 0 saturated carbocycles. The summed E-state index contributed by atoms with van der Waals surface area (Å²) in [6, 6.07) is 15.1. The van der Waals surface area contributed by atoms with E-state index in [-0.39, 0.29) is 11.9 Å². The van der Waals surface area contributed by atoms with Crippen LogP contribution in [0.15, 0.2) is 48.5 Å². The van der Waals surface area contributed by atoms with Crippen LogP contribution in [0.4, 0.5) is 0 Å². The van der Waals surface area contributed by atoms with Gasteiger partial charge in [0.05, 0.1) is 6.61 Å². The van der Waals surface area contributed by atoms with E-state index in [0.717, 1.165) is 17.7 Å². The van der Waals surface area contributed by atoms with E-state index in [0.29, 0.717) is 31.2 Å². The molecule has 5 nitrogen and oxygen atoms in total. The Morgan fingerprint density at radius 3 is 2.22 bits per heavy atom. The lowest BCUT2D eigenvalue weighted by Crippen LogP contribution is -2.31. The first-order valence-electron chi connectivity index (χ1n) is 9.36. The molecule has 3 N–H and O–H groups in total. The largest absolute Gasteiger partial charge is 0.494 e. The van der Waals surface area contributed by atoms with Crippen molar-refractivity contribution in [2.45, 2.75) is 32.2 Å². The van der Waals surface area contributed by atoms with Gasteiger partial charge < -0.3 is 20.5 Å². The van der Waals surface area contributed by atoms with Crippen molar-refractivity contribution in [3.05, 3.63) is 65.2 Å². The minimum atomic E-state index is -0.237. The quantitative estimate of drug-likeness (QED) is 0.626. The minimum absolute atomic E-state index is 0.143. The third-order valence-corrected chi connectivity index (χ3v) is 4.39. The van der Waals surface area contributed by atoms with Crippen LogP contribution in [0.25, 0.3) is 0 Å². The summed E-state index contributed by atoms with van der Waals surface area (Å²) >= 11 is 0. The summed E-state index contributed by atoms with van der Waals surface area (Å²) in [5.41, 5.74) is 9.08. The Labute approximate surface area is 161 Å². The molecule has 1 unspecified atom stereocenters. The highest BCUT2D eigenvalue weighted by atomic mass is 16.5. The Hall–Kier alpha value is -2.37. The SMILES string of the molecule is COCCCOc1ccc(C(=O)NCC(N)c2ccc(C(C)C)cc2)cc1. The van der Waals surface area contributed by atoms with Crippen LogP contribution in [0.1, 0.15) is 53.7 Å². The van der Waals surface area contributed by atoms with Gasteiger partial charge in [0, 0.05) is 38.3 Å². The van der Waals surface area contributed by atoms with Crippen LogP contribution in [-0.2, 0) is 4.74 Å². The van der Waals surface area contributed by atoms with Gasteiger partial charge in [-0.05, 0) is 41.3 Å². The van der Waals surface area contributed by atoms with Gasteiger partial charge in [-0.25, -0.2) is 0 Å². The number of rotatable bonds is 10. The van der Waals surface area contributed by atoms with Gasteiger partial charge in [0.2, 0.25) is 0 Å². The number of carbonyl (C=O) groups is 1. The summed E-state index contributed by atoms with van der Waals surface area (Å²) in [5, 5.41) is 2.89. The Morgan fingerprint density at radius 2 is 1.63 bits per heavy atom. The molecule has 2 rings (SSSR count). The summed E-state index contributed by atoms with van der Waals surface area (Å²) < 4.78 is 10.6. The van der Waals surface area contributed by atoms with E-state index in [1.54, 1.807) is 31.4 Å². The van der Waals surface area contributed by atoms with E-state index in [4.69, 9.17) is 15.2 Å². The van der Waals surface area contributed by atoms with Gasteiger partial charge in [0.1, 0.15) is 5.75 Å². The number of hydrogen-bond donors (Lipinski definition) is 2. The zero-order valence-electron chi connectivity index (χ0n) is 16.4. The first kappa shape index (κ1) is 20.9. The fourth-order valence-corrected chi connectivity index (χ4v) is 2.65. The Morgan fingerprint density at radius 1 is 1.00 bits per heavy atom. The molecule has 0 saturated heterocycles. The normalized spacial score (nSPS) is 12.0. The van der Waals surface area contributed by atoms with Gasteiger partial charge in [0.15, 0.2) is 0 Å². The van der Waals surface area contributed by atoms with Crippen LogP contribution >= 0.6 is 0 Å². The Kier molecular flexibility index (Phi) is 8.30. The smallest absolute Gasteiger partial charge is 0.251 e. The maximum absolute atomic E-state index is 12.3. The van der Waals surface area contributed by atoms with Crippen LogP contribution in [-0.4, -0.2) is 32.8 Å². The molecule has 0 aliphatic heterocycles. The summed E-state index contributed by atoms with van der Waals surface area (Å²) in [5.74, 6) is 1.08. The van der Waals surface area contributed by atoms with Crippen molar-refractivity contribution in [3.63, 3.8) is 0 Å². The van der Waals surface area contributed by atoms with Gasteiger partial charge >= 0.3 is 0 Å². The zero-order chi connectivity index (χ0) is 19.6. The van der Waals surface area contributed by atoms with E-state index >= 15 is 0 Å². The lowest BCUT2D eigenvalue weighted by Gasteiger charge is -2.15. The summed E-state index contributed by atoms with van der Waals surface area (Å²) in [7, 11) is 1.67. The molecule has 1 atom stereocenters. The average Bonchev–Trinajstić information content (AvgIpc) is 2.69. The van der Waals surface area contributed by atoms with E-state index < -0.39 is 0 Å². The van der Waals surface area contributed by atoms with Crippen LogP contribution < -0.4 is 15.8 Å². The third kappa shape index (κ3) is 6.70. The number of methoxy groups -OCH3 is 1. The van der Waals surface area contributed by atoms with Crippen molar-refractivity contribution in [1.29, 1.82) is 0 Å². The number of hydrogen-bond acceptors (Lipinski definition) is 4. The maximum atomic E-state index is 12.3. The highest BCUT2D eigenvalue weighted by molar-refractivity contribution is 5.94. The molecule has 146 valence electrons. The second-order valence-corrected chi connectivity index (χ2v) is 6.86. The second-order valence-electron chi connectivity index (χ2n) is 6.86. The average molecular weight is 370 g/mol. The van der Waals surface area contributed by atoms with Crippen LogP contribution in [0.2, 0.25) is 0 Å². The predicted molar refractivity (Wildman–Crippen MR) is 108 cm³/mol. The second kappa shape index (κ2) is 10.7.